The van der Waals surface area contributed by atoms with Gasteiger partial charge in [-0.15, -0.1) is 11.3 Å². The van der Waals surface area contributed by atoms with E-state index in [1.165, 1.54) is 0 Å². The summed E-state index contributed by atoms with van der Waals surface area (Å²) in [6.07, 6.45) is 0. The summed E-state index contributed by atoms with van der Waals surface area (Å²) in [5.74, 6) is -0.149. The highest BCUT2D eigenvalue weighted by Gasteiger charge is 2.26. The molecule has 2 aromatic carbocycles. The van der Waals surface area contributed by atoms with Gasteiger partial charge < -0.3 is 15.4 Å². The predicted octanol–water partition coefficient (Wildman–Crippen LogP) is 3.80. The number of morpholine rings is 1. The van der Waals surface area contributed by atoms with Gasteiger partial charge in [-0.1, -0.05) is 18.2 Å². The number of nitrogens with zero attached hydrogens (tertiary/aromatic N) is 2. The first-order valence-electron chi connectivity index (χ1n) is 10.7. The van der Waals surface area contributed by atoms with E-state index in [0.29, 0.717) is 19.8 Å². The van der Waals surface area contributed by atoms with Crippen molar-refractivity contribution in [3.05, 3.63) is 53.4 Å². The van der Waals surface area contributed by atoms with Crippen LogP contribution in [0.2, 0.25) is 0 Å². The number of hydrogen-bond acceptors (Lipinski definition) is 6. The molecule has 2 N–H and O–H groups in total. The number of carbonyl (C=O) groups excluding carboxylic acids is 2. The van der Waals surface area contributed by atoms with Crippen LogP contribution in [0.4, 0.5) is 11.4 Å². The van der Waals surface area contributed by atoms with Crippen LogP contribution in [-0.2, 0) is 14.3 Å². The van der Waals surface area contributed by atoms with E-state index in [2.05, 4.69) is 15.5 Å². The number of fused-ring (bicyclic) bond motifs is 1. The molecule has 0 saturated carbocycles. The second-order valence-corrected chi connectivity index (χ2v) is 8.93. The normalized spacial score (nSPS) is 18.3. The van der Waals surface area contributed by atoms with Crippen LogP contribution >= 0.6 is 11.3 Å². The Morgan fingerprint density at radius 3 is 2.91 bits per heavy atom. The zero-order valence-electron chi connectivity index (χ0n) is 17.8. The van der Waals surface area contributed by atoms with Crippen molar-refractivity contribution in [2.24, 2.45) is 0 Å². The summed E-state index contributed by atoms with van der Waals surface area (Å²) in [6, 6.07) is 13.7. The van der Waals surface area contributed by atoms with Crippen molar-refractivity contribution in [2.75, 3.05) is 43.5 Å². The van der Waals surface area contributed by atoms with Crippen LogP contribution in [0.1, 0.15) is 18.4 Å². The molecule has 2 amide bonds. The van der Waals surface area contributed by atoms with Gasteiger partial charge in [0.1, 0.15) is 5.01 Å². The second kappa shape index (κ2) is 8.82. The number of amides is 2. The van der Waals surface area contributed by atoms with Gasteiger partial charge in [0, 0.05) is 41.0 Å². The number of benzene rings is 2. The van der Waals surface area contributed by atoms with Gasteiger partial charge in [0.25, 0.3) is 0 Å². The first-order chi connectivity index (χ1) is 15.6. The van der Waals surface area contributed by atoms with Gasteiger partial charge in [0.15, 0.2) is 0 Å². The summed E-state index contributed by atoms with van der Waals surface area (Å²) in [5.41, 5.74) is 5.46. The molecule has 1 atom stereocenters. The van der Waals surface area contributed by atoms with E-state index in [1.54, 1.807) is 11.3 Å². The lowest BCUT2D eigenvalue weighted by Gasteiger charge is -2.25. The lowest BCUT2D eigenvalue weighted by Crippen LogP contribution is -2.41. The minimum Gasteiger partial charge on any atom is -0.379 e. The Kier molecular flexibility index (Phi) is 5.73. The van der Waals surface area contributed by atoms with Gasteiger partial charge >= 0.3 is 0 Å². The molecule has 2 aliphatic heterocycles. The van der Waals surface area contributed by atoms with Crippen molar-refractivity contribution in [1.29, 1.82) is 0 Å². The van der Waals surface area contributed by atoms with Gasteiger partial charge in [0.05, 0.1) is 31.4 Å². The van der Waals surface area contributed by atoms with Gasteiger partial charge in [0.2, 0.25) is 11.8 Å². The summed E-state index contributed by atoms with van der Waals surface area (Å²) in [5, 5.41) is 8.80. The average molecular weight is 449 g/mol. The number of anilines is 2. The Hall–Kier alpha value is -3.07. The average Bonchev–Trinajstić information content (AvgIpc) is 3.40. The maximum atomic E-state index is 12.4. The second-order valence-electron chi connectivity index (χ2n) is 8.07. The van der Waals surface area contributed by atoms with Crippen LogP contribution < -0.4 is 10.6 Å². The van der Waals surface area contributed by atoms with Crippen LogP contribution in [0, 0.1) is 0 Å². The van der Waals surface area contributed by atoms with Gasteiger partial charge in [-0.2, -0.15) is 0 Å². The quantitative estimate of drug-likeness (QED) is 0.620. The zero-order chi connectivity index (χ0) is 22.1. The number of aromatic nitrogens is 1. The molecule has 3 aromatic rings. The molecule has 8 heteroatoms. The van der Waals surface area contributed by atoms with Crippen molar-refractivity contribution >= 4 is 34.5 Å². The van der Waals surface area contributed by atoms with Gasteiger partial charge in [-0.25, -0.2) is 4.98 Å². The minimum atomic E-state index is -0.152. The van der Waals surface area contributed by atoms with E-state index in [4.69, 9.17) is 9.72 Å². The van der Waals surface area contributed by atoms with Crippen molar-refractivity contribution in [3.8, 4) is 21.8 Å². The predicted molar refractivity (Wildman–Crippen MR) is 126 cm³/mol. The number of thiazole rings is 1. The molecular weight excluding hydrogens is 424 g/mol. The fraction of sp³-hybridized carbons (Fsp3) is 0.292. The molecule has 0 bridgehead atoms. The van der Waals surface area contributed by atoms with E-state index in [-0.39, 0.29) is 17.7 Å². The SMILES string of the molecule is CC1C(=O)Nc2ccc(-c3csc(-c4cccc(NC(=O)CN5CCOCC5)c4)n3)cc21. The maximum Gasteiger partial charge on any atom is 0.238 e. The third-order valence-electron chi connectivity index (χ3n) is 5.83. The van der Waals surface area contributed by atoms with Gasteiger partial charge in [-0.3, -0.25) is 14.5 Å². The fourth-order valence-electron chi connectivity index (χ4n) is 4.01. The molecule has 0 aliphatic carbocycles. The molecule has 1 saturated heterocycles. The van der Waals surface area contributed by atoms with E-state index in [0.717, 1.165) is 51.9 Å². The van der Waals surface area contributed by atoms with Crippen molar-refractivity contribution < 1.29 is 14.3 Å². The van der Waals surface area contributed by atoms with Crippen LogP contribution in [0.3, 0.4) is 0 Å². The Morgan fingerprint density at radius 2 is 2.06 bits per heavy atom. The summed E-state index contributed by atoms with van der Waals surface area (Å²) in [6.45, 7) is 5.18. The molecule has 0 spiro atoms. The largest absolute Gasteiger partial charge is 0.379 e. The van der Waals surface area contributed by atoms with E-state index in [9.17, 15) is 9.59 Å². The van der Waals surface area contributed by atoms with E-state index >= 15 is 0 Å². The summed E-state index contributed by atoms with van der Waals surface area (Å²) >= 11 is 1.56. The number of rotatable bonds is 5. The maximum absolute atomic E-state index is 12.4. The summed E-state index contributed by atoms with van der Waals surface area (Å²) < 4.78 is 5.33. The highest BCUT2D eigenvalue weighted by atomic mass is 32.1. The fourth-order valence-corrected chi connectivity index (χ4v) is 4.83. The molecule has 1 fully saturated rings. The van der Waals surface area contributed by atoms with Crippen LogP contribution in [-0.4, -0.2) is 54.5 Å². The van der Waals surface area contributed by atoms with Crippen molar-refractivity contribution in [3.63, 3.8) is 0 Å². The third-order valence-corrected chi connectivity index (χ3v) is 6.72. The number of carbonyl (C=O) groups is 2. The molecule has 164 valence electrons. The molecular formula is C24H24N4O3S. The van der Waals surface area contributed by atoms with Crippen LogP contribution in [0.25, 0.3) is 21.8 Å². The Morgan fingerprint density at radius 1 is 1.22 bits per heavy atom. The molecule has 5 rings (SSSR count). The molecule has 7 nitrogen and oxygen atoms in total. The highest BCUT2D eigenvalue weighted by Crippen LogP contribution is 2.37. The lowest BCUT2D eigenvalue weighted by molar-refractivity contribution is -0.118. The molecule has 1 aromatic heterocycles. The van der Waals surface area contributed by atoms with E-state index < -0.39 is 0 Å². The number of ether oxygens (including phenoxy) is 1. The van der Waals surface area contributed by atoms with Crippen molar-refractivity contribution in [2.45, 2.75) is 12.8 Å². The lowest BCUT2D eigenvalue weighted by atomic mass is 9.99. The summed E-state index contributed by atoms with van der Waals surface area (Å²) in [4.78, 5) is 31.3. The third kappa shape index (κ3) is 4.29. The van der Waals surface area contributed by atoms with E-state index in [1.807, 2.05) is 54.8 Å². The molecule has 0 radical (unpaired) electrons. The zero-order valence-corrected chi connectivity index (χ0v) is 18.6. The van der Waals surface area contributed by atoms with Crippen LogP contribution in [0.5, 0.6) is 0 Å². The number of hydrogen-bond donors (Lipinski definition) is 2. The van der Waals surface area contributed by atoms with Crippen molar-refractivity contribution in [1.82, 2.24) is 9.88 Å². The highest BCUT2D eigenvalue weighted by molar-refractivity contribution is 7.13. The smallest absolute Gasteiger partial charge is 0.238 e. The Bertz CT molecular complexity index is 1170. The molecule has 2 aliphatic rings. The minimum absolute atomic E-state index is 0.0284. The first-order valence-corrected chi connectivity index (χ1v) is 11.6. The van der Waals surface area contributed by atoms with Gasteiger partial charge in [-0.05, 0) is 36.8 Å². The summed E-state index contributed by atoms with van der Waals surface area (Å²) in [7, 11) is 0. The van der Waals surface area contributed by atoms with Crippen LogP contribution in [0.15, 0.2) is 47.8 Å². The topological polar surface area (TPSA) is 83.6 Å². The molecule has 32 heavy (non-hydrogen) atoms. The standard InChI is InChI=1S/C24H24N4O3S/c1-15-19-12-16(5-6-20(19)26-23(15)30)21-14-32-24(27-21)17-3-2-4-18(11-17)25-22(29)13-28-7-9-31-10-8-28/h2-6,11-12,14-15H,7-10,13H2,1H3,(H,25,29)(H,26,30). The Labute approximate surface area is 190 Å². The Balaban J connectivity index is 1.30. The number of nitrogens with one attached hydrogen (secondary N) is 2. The monoisotopic (exact) mass is 448 g/mol. The molecule has 1 unspecified atom stereocenters. The first kappa shape index (κ1) is 20.8. The molecule has 3 heterocycles.